The van der Waals surface area contributed by atoms with Crippen molar-refractivity contribution in [3.8, 4) is 17.1 Å². The fourth-order valence-corrected chi connectivity index (χ4v) is 3.53. The minimum atomic E-state index is -3.38. The highest BCUT2D eigenvalue weighted by molar-refractivity contribution is 5.74. The topological polar surface area (TPSA) is 121 Å². The highest BCUT2D eigenvalue weighted by atomic mass is 19.3. The predicted octanol–water partition coefficient (Wildman–Crippen LogP) is 1.35. The second kappa shape index (κ2) is 7.43. The molecular weight excluding hydrogens is 450 g/mol. The number of pyridine rings is 1. The fourth-order valence-electron chi connectivity index (χ4n) is 3.53. The summed E-state index contributed by atoms with van der Waals surface area (Å²) in [6.45, 7) is -1.13. The molecule has 10 nitrogen and oxygen atoms in total. The number of anilines is 1. The van der Waals surface area contributed by atoms with Gasteiger partial charge in [0.1, 0.15) is 5.69 Å². The number of aromatic nitrogens is 6. The number of imidazole rings is 1. The zero-order chi connectivity index (χ0) is 23.3. The van der Waals surface area contributed by atoms with Gasteiger partial charge in [0.05, 0.1) is 30.5 Å². The van der Waals surface area contributed by atoms with E-state index >= 15 is 0 Å². The molecule has 0 amide bonds. The van der Waals surface area contributed by atoms with Gasteiger partial charge >= 0.3 is 11.6 Å². The molecule has 170 valence electrons. The molecule has 1 atom stereocenters. The molecule has 0 spiro atoms. The van der Waals surface area contributed by atoms with E-state index in [1.54, 1.807) is 0 Å². The molecule has 2 N–H and O–H groups in total. The standard InChI is InChI=1S/C19H13F4N7O3/c20-10-3-15(25-6-11(10)21)33-14-7-29(8-19(14,22)23)13-4-12(28-30-2-1-24-16(13)30)9-5-26-18(32)27-17(9)31/h1-6,14H,7-8H2,(H2,26,27,31,32)/t14-/m0/s1. The zero-order valence-corrected chi connectivity index (χ0v) is 16.4. The van der Waals surface area contributed by atoms with Crippen molar-refractivity contribution in [2.75, 3.05) is 18.0 Å². The SMILES string of the molecule is O=c1[nH]cc(-c2cc(N3C[C@H](Oc4cc(F)c(F)cn4)C(F)(F)C3)c3nccn3n2)c(=O)[nH]1. The molecule has 0 radical (unpaired) electrons. The molecule has 1 aliphatic rings. The summed E-state index contributed by atoms with van der Waals surface area (Å²) >= 11 is 0. The Balaban J connectivity index is 1.52. The molecule has 0 aromatic carbocycles. The molecule has 1 aliphatic heterocycles. The summed E-state index contributed by atoms with van der Waals surface area (Å²) in [4.78, 5) is 36.8. The Morgan fingerprint density at radius 1 is 1.15 bits per heavy atom. The first-order valence-electron chi connectivity index (χ1n) is 9.48. The van der Waals surface area contributed by atoms with Crippen molar-refractivity contribution in [2.45, 2.75) is 12.0 Å². The van der Waals surface area contributed by atoms with Gasteiger partial charge in [-0.15, -0.1) is 0 Å². The number of H-pyrrole nitrogens is 2. The van der Waals surface area contributed by atoms with Gasteiger partial charge in [-0.05, 0) is 6.07 Å². The van der Waals surface area contributed by atoms with Gasteiger partial charge in [-0.1, -0.05) is 0 Å². The van der Waals surface area contributed by atoms with E-state index in [1.807, 2.05) is 0 Å². The van der Waals surface area contributed by atoms with E-state index in [4.69, 9.17) is 4.74 Å². The number of halogens is 4. The lowest BCUT2D eigenvalue weighted by molar-refractivity contribution is -0.0610. The van der Waals surface area contributed by atoms with Crippen LogP contribution in [0.15, 0.2) is 46.5 Å². The molecule has 0 bridgehead atoms. The average Bonchev–Trinajstić information content (AvgIpc) is 3.34. The Kier molecular flexibility index (Phi) is 4.65. The van der Waals surface area contributed by atoms with Crippen molar-refractivity contribution < 1.29 is 22.3 Å². The largest absolute Gasteiger partial charge is 0.466 e. The molecule has 0 unspecified atom stereocenters. The number of alkyl halides is 2. The van der Waals surface area contributed by atoms with Gasteiger partial charge in [-0.25, -0.2) is 36.8 Å². The molecule has 5 rings (SSSR count). The van der Waals surface area contributed by atoms with Crippen LogP contribution in [0.2, 0.25) is 0 Å². The summed E-state index contributed by atoms with van der Waals surface area (Å²) in [6.07, 6.45) is 2.85. The van der Waals surface area contributed by atoms with Crippen LogP contribution in [0.25, 0.3) is 16.9 Å². The predicted molar refractivity (Wildman–Crippen MR) is 105 cm³/mol. The van der Waals surface area contributed by atoms with Gasteiger partial charge in [-0.2, -0.15) is 5.10 Å². The molecule has 33 heavy (non-hydrogen) atoms. The number of nitrogens with zero attached hydrogens (tertiary/aromatic N) is 5. The minimum Gasteiger partial charge on any atom is -0.466 e. The van der Waals surface area contributed by atoms with Crippen molar-refractivity contribution in [3.63, 3.8) is 0 Å². The number of ether oxygens (including phenoxy) is 1. The summed E-state index contributed by atoms with van der Waals surface area (Å²) in [5, 5.41) is 4.25. The maximum absolute atomic E-state index is 14.8. The van der Waals surface area contributed by atoms with Gasteiger partial charge in [-0.3, -0.25) is 9.78 Å². The van der Waals surface area contributed by atoms with E-state index in [0.717, 1.165) is 6.20 Å². The quantitative estimate of drug-likeness (QED) is 0.438. The third kappa shape index (κ3) is 3.68. The van der Waals surface area contributed by atoms with E-state index in [1.165, 1.54) is 27.9 Å². The molecule has 4 aromatic rings. The average molecular weight is 463 g/mol. The van der Waals surface area contributed by atoms with Crippen LogP contribution in [-0.2, 0) is 0 Å². The van der Waals surface area contributed by atoms with Gasteiger partial charge in [0.15, 0.2) is 23.4 Å². The number of hydrogen-bond acceptors (Lipinski definition) is 7. The smallest absolute Gasteiger partial charge is 0.325 e. The van der Waals surface area contributed by atoms with Crippen LogP contribution in [0.1, 0.15) is 0 Å². The lowest BCUT2D eigenvalue weighted by Crippen LogP contribution is -2.36. The van der Waals surface area contributed by atoms with Crippen LogP contribution in [-0.4, -0.2) is 54.7 Å². The molecule has 1 fully saturated rings. The monoisotopic (exact) mass is 463 g/mol. The molecule has 14 heteroatoms. The van der Waals surface area contributed by atoms with Gasteiger partial charge in [0.25, 0.3) is 5.56 Å². The number of nitrogens with one attached hydrogen (secondary N) is 2. The molecule has 1 saturated heterocycles. The van der Waals surface area contributed by atoms with Crippen molar-refractivity contribution in [3.05, 3.63) is 69.4 Å². The Morgan fingerprint density at radius 2 is 1.97 bits per heavy atom. The Labute approximate surface area is 180 Å². The normalized spacial score (nSPS) is 17.6. The second-order valence-electron chi connectivity index (χ2n) is 7.28. The summed E-state index contributed by atoms with van der Waals surface area (Å²) < 4.78 is 62.5. The second-order valence-corrected chi connectivity index (χ2v) is 7.28. The van der Waals surface area contributed by atoms with Crippen LogP contribution in [0.3, 0.4) is 0 Å². The van der Waals surface area contributed by atoms with Gasteiger partial charge < -0.3 is 14.6 Å². The number of fused-ring (bicyclic) bond motifs is 1. The third-order valence-electron chi connectivity index (χ3n) is 5.08. The van der Waals surface area contributed by atoms with Crippen LogP contribution < -0.4 is 20.9 Å². The summed E-state index contributed by atoms with van der Waals surface area (Å²) in [6, 6.07) is 1.98. The molecular formula is C19H13F4N7O3. The Bertz CT molecular complexity index is 1480. The van der Waals surface area contributed by atoms with Crippen molar-refractivity contribution in [2.24, 2.45) is 0 Å². The highest BCUT2D eigenvalue weighted by Crippen LogP contribution is 2.36. The van der Waals surface area contributed by atoms with Crippen LogP contribution in [0.5, 0.6) is 5.88 Å². The Hall–Kier alpha value is -4.23. The molecule has 4 aromatic heterocycles. The van der Waals surface area contributed by atoms with E-state index in [2.05, 4.69) is 25.0 Å². The van der Waals surface area contributed by atoms with Crippen molar-refractivity contribution >= 4 is 11.3 Å². The van der Waals surface area contributed by atoms with E-state index in [0.29, 0.717) is 12.3 Å². The summed E-state index contributed by atoms with van der Waals surface area (Å²) in [7, 11) is 0. The van der Waals surface area contributed by atoms with E-state index in [9.17, 15) is 27.2 Å². The maximum Gasteiger partial charge on any atom is 0.325 e. The van der Waals surface area contributed by atoms with Crippen LogP contribution in [0.4, 0.5) is 23.2 Å². The third-order valence-corrected chi connectivity index (χ3v) is 5.08. The van der Waals surface area contributed by atoms with Gasteiger partial charge in [0, 0.05) is 24.7 Å². The summed E-state index contributed by atoms with van der Waals surface area (Å²) in [5.74, 6) is -6.37. The number of hydrogen-bond donors (Lipinski definition) is 2. The molecule has 5 heterocycles. The van der Waals surface area contributed by atoms with E-state index in [-0.39, 0.29) is 29.1 Å². The van der Waals surface area contributed by atoms with Gasteiger partial charge in [0.2, 0.25) is 5.88 Å². The van der Waals surface area contributed by atoms with E-state index < -0.39 is 47.3 Å². The first-order chi connectivity index (χ1) is 15.7. The fraction of sp³-hybridized carbons (Fsp3) is 0.211. The van der Waals surface area contributed by atoms with Crippen molar-refractivity contribution in [1.29, 1.82) is 0 Å². The lowest BCUT2D eigenvalue weighted by Gasteiger charge is -2.19. The summed E-state index contributed by atoms with van der Waals surface area (Å²) in [5.41, 5.74) is -0.854. The lowest BCUT2D eigenvalue weighted by atomic mass is 10.2. The number of rotatable bonds is 4. The van der Waals surface area contributed by atoms with Crippen LogP contribution >= 0.6 is 0 Å². The van der Waals surface area contributed by atoms with Crippen LogP contribution in [0, 0.1) is 11.6 Å². The maximum atomic E-state index is 14.8. The molecule has 0 saturated carbocycles. The minimum absolute atomic E-state index is 0.0104. The highest BCUT2D eigenvalue weighted by Gasteiger charge is 2.51. The first kappa shape index (κ1) is 20.7. The zero-order valence-electron chi connectivity index (χ0n) is 16.4. The Morgan fingerprint density at radius 3 is 2.73 bits per heavy atom. The molecule has 0 aliphatic carbocycles. The first-order valence-corrected chi connectivity index (χ1v) is 9.48. The number of aromatic amines is 2. The van der Waals surface area contributed by atoms with Crippen molar-refractivity contribution in [1.82, 2.24) is 29.5 Å².